The average molecular weight is 250 g/mol. The Bertz CT molecular complexity index is 459. The molecule has 18 heavy (non-hydrogen) atoms. The van der Waals surface area contributed by atoms with Crippen molar-refractivity contribution >= 4 is 11.8 Å². The van der Waals surface area contributed by atoms with Crippen molar-refractivity contribution in [2.24, 2.45) is 5.92 Å². The van der Waals surface area contributed by atoms with E-state index in [0.717, 1.165) is 31.4 Å². The molecule has 0 aliphatic heterocycles. The number of H-pyrrole nitrogens is 1. The topological polar surface area (TPSA) is 72.0 Å². The molecule has 0 unspecified atom stereocenters. The highest BCUT2D eigenvalue weighted by Crippen LogP contribution is 2.26. The van der Waals surface area contributed by atoms with Crippen LogP contribution >= 0.6 is 0 Å². The van der Waals surface area contributed by atoms with Gasteiger partial charge in [-0.05, 0) is 19.8 Å². The quantitative estimate of drug-likeness (QED) is 0.656. The maximum Gasteiger partial charge on any atom is 0.309 e. The molecule has 1 fully saturated rings. The lowest BCUT2D eigenvalue weighted by atomic mass is 10.1. The van der Waals surface area contributed by atoms with Crippen molar-refractivity contribution in [1.29, 1.82) is 0 Å². The minimum atomic E-state index is -0.140. The van der Waals surface area contributed by atoms with Crippen molar-refractivity contribution in [3.63, 3.8) is 0 Å². The number of ether oxygens (including phenoxy) is 1. The van der Waals surface area contributed by atoms with Crippen LogP contribution in [0.2, 0.25) is 0 Å². The van der Waals surface area contributed by atoms with Crippen molar-refractivity contribution in [2.45, 2.75) is 46.1 Å². The van der Waals surface area contributed by atoms with Gasteiger partial charge in [-0.3, -0.25) is 9.59 Å². The van der Waals surface area contributed by atoms with Gasteiger partial charge in [0.25, 0.3) is 0 Å². The highest BCUT2D eigenvalue weighted by Gasteiger charge is 2.24. The van der Waals surface area contributed by atoms with Gasteiger partial charge in [0.15, 0.2) is 11.6 Å². The minimum absolute atomic E-state index is 0.0523. The molecule has 98 valence electrons. The van der Waals surface area contributed by atoms with Crippen molar-refractivity contribution in [2.75, 3.05) is 0 Å². The predicted octanol–water partition coefficient (Wildman–Crippen LogP) is 2.15. The number of carbonyl (C=O) groups is 2. The molecule has 5 nitrogen and oxygen atoms in total. The maximum atomic E-state index is 11.7. The molecule has 0 bridgehead atoms. The van der Waals surface area contributed by atoms with Gasteiger partial charge in [-0.15, -0.1) is 0 Å². The van der Waals surface area contributed by atoms with E-state index in [1.807, 2.05) is 6.92 Å². The Morgan fingerprint density at radius 3 is 2.61 bits per heavy atom. The standard InChI is InChI=1S/C13H18N2O3/c1-8-11(15-12(14-8)9(2)16)7-18-13(17)10-5-3-4-6-10/h10H,3-7H2,1-2H3,(H,14,15). The number of aryl methyl sites for hydroxylation is 1. The number of aromatic nitrogens is 2. The summed E-state index contributed by atoms with van der Waals surface area (Å²) in [6.07, 6.45) is 4.07. The molecule has 1 aliphatic rings. The summed E-state index contributed by atoms with van der Waals surface area (Å²) in [6, 6.07) is 0. The highest BCUT2D eigenvalue weighted by atomic mass is 16.5. The fourth-order valence-electron chi connectivity index (χ4n) is 2.22. The van der Waals surface area contributed by atoms with Gasteiger partial charge in [0.05, 0.1) is 11.6 Å². The van der Waals surface area contributed by atoms with E-state index in [4.69, 9.17) is 4.74 Å². The first-order valence-electron chi connectivity index (χ1n) is 6.31. The van der Waals surface area contributed by atoms with Crippen molar-refractivity contribution < 1.29 is 14.3 Å². The van der Waals surface area contributed by atoms with Gasteiger partial charge in [-0.2, -0.15) is 0 Å². The Hall–Kier alpha value is -1.65. The summed E-state index contributed by atoms with van der Waals surface area (Å²) in [5.41, 5.74) is 1.41. The molecule has 0 radical (unpaired) electrons. The number of esters is 1. The summed E-state index contributed by atoms with van der Waals surface area (Å²) >= 11 is 0. The number of Topliss-reactive ketones (excluding diaryl/α,β-unsaturated/α-hetero) is 1. The van der Waals surface area contributed by atoms with Gasteiger partial charge in [0.1, 0.15) is 6.61 Å². The lowest BCUT2D eigenvalue weighted by molar-refractivity contribution is -0.149. The number of nitrogens with zero attached hydrogens (tertiary/aromatic N) is 1. The Morgan fingerprint density at radius 2 is 2.06 bits per heavy atom. The first kappa shape index (κ1) is 12.8. The van der Waals surface area contributed by atoms with Crippen molar-refractivity contribution in [1.82, 2.24) is 9.97 Å². The monoisotopic (exact) mass is 250 g/mol. The molecule has 2 rings (SSSR count). The van der Waals surface area contributed by atoms with E-state index >= 15 is 0 Å². The van der Waals surface area contributed by atoms with Crippen LogP contribution in [0.4, 0.5) is 0 Å². The van der Waals surface area contributed by atoms with Crippen LogP contribution in [0.3, 0.4) is 0 Å². The van der Waals surface area contributed by atoms with E-state index in [1.54, 1.807) is 0 Å². The van der Waals surface area contributed by atoms with E-state index in [-0.39, 0.29) is 24.3 Å². The third-order valence-electron chi connectivity index (χ3n) is 3.36. The van der Waals surface area contributed by atoms with E-state index in [1.165, 1.54) is 6.92 Å². The van der Waals surface area contributed by atoms with E-state index in [2.05, 4.69) is 9.97 Å². The number of hydrogen-bond donors (Lipinski definition) is 1. The predicted molar refractivity (Wildman–Crippen MR) is 65.1 cm³/mol. The molecule has 1 aromatic heterocycles. The van der Waals surface area contributed by atoms with Gasteiger partial charge >= 0.3 is 5.97 Å². The molecule has 1 aliphatic carbocycles. The summed E-state index contributed by atoms with van der Waals surface area (Å²) in [5, 5.41) is 0. The first-order chi connectivity index (χ1) is 8.58. The van der Waals surface area contributed by atoms with Crippen LogP contribution in [0, 0.1) is 12.8 Å². The number of rotatable bonds is 4. The number of carbonyl (C=O) groups excluding carboxylic acids is 2. The molecule has 5 heteroatoms. The number of imidazole rings is 1. The third-order valence-corrected chi connectivity index (χ3v) is 3.36. The number of hydrogen-bond acceptors (Lipinski definition) is 4. The average Bonchev–Trinajstić information content (AvgIpc) is 2.95. The Balaban J connectivity index is 1.93. The molecular formula is C13H18N2O3. The number of aromatic amines is 1. The van der Waals surface area contributed by atoms with Crippen LogP contribution in [0.1, 0.15) is 54.6 Å². The van der Waals surface area contributed by atoms with Crippen LogP contribution in [0.5, 0.6) is 0 Å². The Labute approximate surface area is 106 Å². The Morgan fingerprint density at radius 1 is 1.39 bits per heavy atom. The Kier molecular flexibility index (Phi) is 3.79. The number of nitrogens with one attached hydrogen (secondary N) is 1. The molecule has 1 heterocycles. The van der Waals surface area contributed by atoms with Gasteiger partial charge in [-0.1, -0.05) is 12.8 Å². The van der Waals surface area contributed by atoms with Gasteiger partial charge < -0.3 is 9.72 Å². The van der Waals surface area contributed by atoms with Crippen LogP contribution < -0.4 is 0 Å². The molecule has 0 amide bonds. The zero-order chi connectivity index (χ0) is 13.1. The third kappa shape index (κ3) is 2.78. The fraction of sp³-hybridized carbons (Fsp3) is 0.615. The molecule has 0 atom stereocenters. The molecular weight excluding hydrogens is 232 g/mol. The second kappa shape index (κ2) is 5.33. The van der Waals surface area contributed by atoms with Crippen LogP contribution in [0.15, 0.2) is 0 Å². The van der Waals surface area contributed by atoms with Crippen molar-refractivity contribution in [3.05, 3.63) is 17.2 Å². The second-order valence-electron chi connectivity index (χ2n) is 4.80. The SMILES string of the molecule is CC(=O)c1nc(COC(=O)C2CCCC2)c(C)[nH]1. The van der Waals surface area contributed by atoms with Crippen molar-refractivity contribution in [3.8, 4) is 0 Å². The first-order valence-corrected chi connectivity index (χ1v) is 6.31. The summed E-state index contributed by atoms with van der Waals surface area (Å²) in [5.74, 6) is 0.113. The highest BCUT2D eigenvalue weighted by molar-refractivity contribution is 5.90. The molecule has 1 saturated carbocycles. The van der Waals surface area contributed by atoms with E-state index < -0.39 is 0 Å². The smallest absolute Gasteiger partial charge is 0.309 e. The largest absolute Gasteiger partial charge is 0.459 e. The van der Waals surface area contributed by atoms with E-state index in [9.17, 15) is 9.59 Å². The lowest BCUT2D eigenvalue weighted by Crippen LogP contribution is -2.14. The zero-order valence-corrected chi connectivity index (χ0v) is 10.8. The second-order valence-corrected chi connectivity index (χ2v) is 4.80. The molecule has 0 saturated heterocycles. The van der Waals surface area contributed by atoms with Gasteiger partial charge in [0.2, 0.25) is 0 Å². The fourth-order valence-corrected chi connectivity index (χ4v) is 2.22. The minimum Gasteiger partial charge on any atom is -0.459 e. The van der Waals surface area contributed by atoms with Crippen LogP contribution in [-0.4, -0.2) is 21.7 Å². The molecule has 0 spiro atoms. The summed E-state index contributed by atoms with van der Waals surface area (Å²) < 4.78 is 5.25. The summed E-state index contributed by atoms with van der Waals surface area (Å²) in [6.45, 7) is 3.41. The van der Waals surface area contributed by atoms with Gasteiger partial charge in [0, 0.05) is 12.6 Å². The van der Waals surface area contributed by atoms with Gasteiger partial charge in [-0.25, -0.2) is 4.98 Å². The zero-order valence-electron chi connectivity index (χ0n) is 10.8. The normalized spacial score (nSPS) is 15.9. The lowest BCUT2D eigenvalue weighted by Gasteiger charge is -2.08. The summed E-state index contributed by atoms with van der Waals surface area (Å²) in [7, 11) is 0. The molecule has 0 aromatic carbocycles. The van der Waals surface area contributed by atoms with Crippen LogP contribution in [-0.2, 0) is 16.1 Å². The molecule has 1 aromatic rings. The summed E-state index contributed by atoms with van der Waals surface area (Å²) in [4.78, 5) is 29.9. The number of ketones is 1. The van der Waals surface area contributed by atoms with Crippen LogP contribution in [0.25, 0.3) is 0 Å². The maximum absolute atomic E-state index is 11.7. The van der Waals surface area contributed by atoms with E-state index in [0.29, 0.717) is 11.5 Å². The molecule has 1 N–H and O–H groups in total.